The number of nitrogens with zero attached hydrogens (tertiary/aromatic N) is 2. The summed E-state index contributed by atoms with van der Waals surface area (Å²) in [5.41, 5.74) is 5.64. The van der Waals surface area contributed by atoms with Crippen molar-refractivity contribution in [2.75, 3.05) is 46.4 Å². The van der Waals surface area contributed by atoms with Gasteiger partial charge in [0.25, 0.3) is 0 Å². The van der Waals surface area contributed by atoms with Gasteiger partial charge in [0, 0.05) is 45.3 Å². The molecule has 0 radical (unpaired) electrons. The van der Waals surface area contributed by atoms with Gasteiger partial charge in [0.1, 0.15) is 0 Å². The molecular weight excluding hydrogens is 206 g/mol. The molecule has 0 saturated carbocycles. The van der Waals surface area contributed by atoms with E-state index in [2.05, 4.69) is 21.5 Å². The zero-order valence-electron chi connectivity index (χ0n) is 10.3. The zero-order chi connectivity index (χ0) is 12.0. The minimum atomic E-state index is -0.127. The van der Waals surface area contributed by atoms with Gasteiger partial charge in [0.15, 0.2) is 0 Å². The van der Waals surface area contributed by atoms with E-state index in [1.807, 2.05) is 0 Å². The Kier molecular flexibility index (Phi) is 5.73. The standard InChI is InChI=1S/C11H23N3O2/c1-10(9-12)14-7-5-13(6-8-14)4-3-11(15)16-2/h10H,3-9,12H2,1-2H3. The van der Waals surface area contributed by atoms with Gasteiger partial charge < -0.3 is 15.4 Å². The molecule has 2 N–H and O–H groups in total. The van der Waals surface area contributed by atoms with Gasteiger partial charge in [-0.2, -0.15) is 0 Å². The second-order valence-corrected chi connectivity index (χ2v) is 4.29. The summed E-state index contributed by atoms with van der Waals surface area (Å²) in [4.78, 5) is 15.7. The maximum Gasteiger partial charge on any atom is 0.306 e. The number of methoxy groups -OCH3 is 1. The zero-order valence-corrected chi connectivity index (χ0v) is 10.3. The van der Waals surface area contributed by atoms with E-state index in [0.717, 1.165) is 32.7 Å². The Morgan fingerprint density at radius 3 is 2.50 bits per heavy atom. The summed E-state index contributed by atoms with van der Waals surface area (Å²) < 4.78 is 4.63. The van der Waals surface area contributed by atoms with Crippen LogP contribution in [0.5, 0.6) is 0 Å². The largest absolute Gasteiger partial charge is 0.469 e. The lowest BCUT2D eigenvalue weighted by molar-refractivity contribution is -0.141. The molecule has 0 amide bonds. The molecule has 0 aromatic heterocycles. The molecule has 0 spiro atoms. The first-order valence-electron chi connectivity index (χ1n) is 5.90. The molecule has 1 atom stereocenters. The topological polar surface area (TPSA) is 58.8 Å². The second kappa shape index (κ2) is 6.83. The molecule has 5 heteroatoms. The van der Waals surface area contributed by atoms with E-state index in [1.165, 1.54) is 7.11 Å². The Labute approximate surface area is 97.5 Å². The maximum atomic E-state index is 11.0. The number of hydrogen-bond donors (Lipinski definition) is 1. The van der Waals surface area contributed by atoms with Crippen LogP contribution in [0.4, 0.5) is 0 Å². The number of hydrogen-bond acceptors (Lipinski definition) is 5. The average Bonchev–Trinajstić information content (AvgIpc) is 2.35. The van der Waals surface area contributed by atoms with Crippen LogP contribution in [0.1, 0.15) is 13.3 Å². The summed E-state index contributed by atoms with van der Waals surface area (Å²) in [5, 5.41) is 0. The van der Waals surface area contributed by atoms with Crippen molar-refractivity contribution in [1.29, 1.82) is 0 Å². The highest BCUT2D eigenvalue weighted by Gasteiger charge is 2.20. The van der Waals surface area contributed by atoms with E-state index in [0.29, 0.717) is 19.0 Å². The molecule has 5 nitrogen and oxygen atoms in total. The van der Waals surface area contributed by atoms with Crippen LogP contribution in [-0.2, 0) is 9.53 Å². The molecule has 1 saturated heterocycles. The number of rotatable bonds is 5. The van der Waals surface area contributed by atoms with Gasteiger partial charge in [-0.15, -0.1) is 0 Å². The van der Waals surface area contributed by atoms with E-state index >= 15 is 0 Å². The van der Waals surface area contributed by atoms with Crippen molar-refractivity contribution in [2.24, 2.45) is 5.73 Å². The molecule has 1 aliphatic rings. The summed E-state index contributed by atoms with van der Waals surface area (Å²) in [7, 11) is 1.43. The summed E-state index contributed by atoms with van der Waals surface area (Å²) in [6.07, 6.45) is 0.489. The van der Waals surface area contributed by atoms with Crippen LogP contribution in [0.3, 0.4) is 0 Å². The van der Waals surface area contributed by atoms with Gasteiger partial charge in [-0.3, -0.25) is 9.69 Å². The fourth-order valence-electron chi connectivity index (χ4n) is 1.93. The molecule has 0 aromatic carbocycles. The van der Waals surface area contributed by atoms with Gasteiger partial charge in [-0.1, -0.05) is 0 Å². The van der Waals surface area contributed by atoms with E-state index in [9.17, 15) is 4.79 Å². The monoisotopic (exact) mass is 229 g/mol. The smallest absolute Gasteiger partial charge is 0.306 e. The SMILES string of the molecule is COC(=O)CCN1CCN(C(C)CN)CC1. The van der Waals surface area contributed by atoms with Crippen LogP contribution in [0.2, 0.25) is 0 Å². The minimum Gasteiger partial charge on any atom is -0.469 e. The van der Waals surface area contributed by atoms with Crippen LogP contribution in [-0.4, -0.2) is 68.2 Å². The summed E-state index contributed by atoms with van der Waals surface area (Å²) in [6.45, 7) is 7.78. The Hall–Kier alpha value is -0.650. The van der Waals surface area contributed by atoms with Gasteiger partial charge in [0.05, 0.1) is 13.5 Å². The first-order valence-corrected chi connectivity index (χ1v) is 5.90. The van der Waals surface area contributed by atoms with Crippen LogP contribution in [0, 0.1) is 0 Å². The third-order valence-electron chi connectivity index (χ3n) is 3.23. The first kappa shape index (κ1) is 13.4. The molecule has 1 heterocycles. The first-order chi connectivity index (χ1) is 7.67. The summed E-state index contributed by atoms with van der Waals surface area (Å²) >= 11 is 0. The fraction of sp³-hybridized carbons (Fsp3) is 0.909. The molecule has 0 bridgehead atoms. The summed E-state index contributed by atoms with van der Waals surface area (Å²) in [5.74, 6) is -0.127. The Morgan fingerprint density at radius 2 is 2.00 bits per heavy atom. The van der Waals surface area contributed by atoms with Crippen molar-refractivity contribution < 1.29 is 9.53 Å². The highest BCUT2D eigenvalue weighted by Crippen LogP contribution is 2.06. The lowest BCUT2D eigenvalue weighted by Crippen LogP contribution is -2.51. The highest BCUT2D eigenvalue weighted by atomic mass is 16.5. The molecule has 94 valence electrons. The van der Waals surface area contributed by atoms with Crippen LogP contribution in [0.25, 0.3) is 0 Å². The van der Waals surface area contributed by atoms with Gasteiger partial charge in [-0.05, 0) is 6.92 Å². The predicted molar refractivity (Wildman–Crippen MR) is 63.2 cm³/mol. The quantitative estimate of drug-likeness (QED) is 0.645. The lowest BCUT2D eigenvalue weighted by atomic mass is 10.2. The van der Waals surface area contributed by atoms with Crippen molar-refractivity contribution in [3.63, 3.8) is 0 Å². The Bertz CT molecular complexity index is 215. The third kappa shape index (κ3) is 4.08. The lowest BCUT2D eigenvalue weighted by Gasteiger charge is -2.37. The molecule has 1 fully saturated rings. The normalized spacial score (nSPS) is 20.7. The fourth-order valence-corrected chi connectivity index (χ4v) is 1.93. The Morgan fingerprint density at radius 1 is 1.38 bits per heavy atom. The Balaban J connectivity index is 2.19. The van der Waals surface area contributed by atoms with Crippen molar-refractivity contribution in [3.05, 3.63) is 0 Å². The van der Waals surface area contributed by atoms with Crippen molar-refractivity contribution in [1.82, 2.24) is 9.80 Å². The average molecular weight is 229 g/mol. The summed E-state index contributed by atoms with van der Waals surface area (Å²) in [6, 6.07) is 0.461. The third-order valence-corrected chi connectivity index (χ3v) is 3.23. The second-order valence-electron chi connectivity index (χ2n) is 4.29. The van der Waals surface area contributed by atoms with Crippen LogP contribution < -0.4 is 5.73 Å². The highest BCUT2D eigenvalue weighted by molar-refractivity contribution is 5.69. The van der Waals surface area contributed by atoms with E-state index in [1.54, 1.807) is 0 Å². The number of ether oxygens (including phenoxy) is 1. The predicted octanol–water partition coefficient (Wildman–Crippen LogP) is -0.486. The number of carbonyl (C=O) groups is 1. The number of nitrogens with two attached hydrogens (primary N) is 1. The molecule has 0 aliphatic carbocycles. The minimum absolute atomic E-state index is 0.127. The van der Waals surface area contributed by atoms with Crippen LogP contribution >= 0.6 is 0 Å². The van der Waals surface area contributed by atoms with Crippen molar-refractivity contribution in [2.45, 2.75) is 19.4 Å². The number of esters is 1. The molecule has 16 heavy (non-hydrogen) atoms. The molecule has 1 unspecified atom stereocenters. The van der Waals surface area contributed by atoms with E-state index in [4.69, 9.17) is 5.73 Å². The molecule has 1 rings (SSSR count). The van der Waals surface area contributed by atoms with Gasteiger partial charge in [-0.25, -0.2) is 0 Å². The molecular formula is C11H23N3O2. The van der Waals surface area contributed by atoms with Gasteiger partial charge in [0.2, 0.25) is 0 Å². The molecule has 0 aromatic rings. The number of carbonyl (C=O) groups excluding carboxylic acids is 1. The van der Waals surface area contributed by atoms with Gasteiger partial charge >= 0.3 is 5.97 Å². The number of piperazine rings is 1. The van der Waals surface area contributed by atoms with Crippen molar-refractivity contribution >= 4 is 5.97 Å². The van der Waals surface area contributed by atoms with Crippen LogP contribution in [0.15, 0.2) is 0 Å². The maximum absolute atomic E-state index is 11.0. The van der Waals surface area contributed by atoms with E-state index < -0.39 is 0 Å². The van der Waals surface area contributed by atoms with E-state index in [-0.39, 0.29) is 5.97 Å². The van der Waals surface area contributed by atoms with Crippen molar-refractivity contribution in [3.8, 4) is 0 Å². The molecule has 1 aliphatic heterocycles.